The summed E-state index contributed by atoms with van der Waals surface area (Å²) in [5.74, 6) is 0.763. The first-order valence-corrected chi connectivity index (χ1v) is 7.34. The van der Waals surface area contributed by atoms with Crippen LogP contribution in [0.15, 0.2) is 54.9 Å². The van der Waals surface area contributed by atoms with Crippen LogP contribution in [0.25, 0.3) is 17.1 Å². The van der Waals surface area contributed by atoms with Crippen LogP contribution in [0.5, 0.6) is 0 Å². The van der Waals surface area contributed by atoms with Gasteiger partial charge in [-0.3, -0.25) is 0 Å². The van der Waals surface area contributed by atoms with Crippen LogP contribution >= 0.6 is 0 Å². The van der Waals surface area contributed by atoms with Gasteiger partial charge in [0.2, 0.25) is 0 Å². The summed E-state index contributed by atoms with van der Waals surface area (Å²) in [7, 11) is 0. The fourth-order valence-corrected chi connectivity index (χ4v) is 2.33. The molecule has 21 heavy (non-hydrogen) atoms. The van der Waals surface area contributed by atoms with Crippen molar-refractivity contribution in [3.63, 3.8) is 0 Å². The smallest absolute Gasteiger partial charge is 0.181 e. The van der Waals surface area contributed by atoms with Gasteiger partial charge in [0.05, 0.1) is 5.69 Å². The second kappa shape index (κ2) is 5.92. The molecule has 0 radical (unpaired) electrons. The first-order chi connectivity index (χ1) is 10.3. The van der Waals surface area contributed by atoms with Crippen LogP contribution in [0.1, 0.15) is 24.5 Å². The predicted octanol–water partition coefficient (Wildman–Crippen LogP) is 4.20. The Morgan fingerprint density at radius 1 is 0.952 bits per heavy atom. The zero-order chi connectivity index (χ0) is 14.7. The number of nitrogens with zero attached hydrogens (tertiary/aromatic N) is 3. The van der Waals surface area contributed by atoms with Crippen molar-refractivity contribution in [3.8, 4) is 17.1 Å². The van der Waals surface area contributed by atoms with E-state index in [0.29, 0.717) is 0 Å². The molecule has 3 nitrogen and oxygen atoms in total. The molecule has 1 aromatic heterocycles. The first kappa shape index (κ1) is 13.6. The highest BCUT2D eigenvalue weighted by atomic mass is 15.3. The van der Waals surface area contributed by atoms with E-state index in [4.69, 9.17) is 0 Å². The van der Waals surface area contributed by atoms with Crippen molar-refractivity contribution in [2.45, 2.75) is 26.7 Å². The van der Waals surface area contributed by atoms with Crippen LogP contribution < -0.4 is 0 Å². The summed E-state index contributed by atoms with van der Waals surface area (Å²) in [6, 6.07) is 16.8. The van der Waals surface area contributed by atoms with E-state index in [1.165, 1.54) is 17.5 Å². The highest BCUT2D eigenvalue weighted by molar-refractivity contribution is 5.55. The molecule has 3 aromatic rings. The molecule has 0 saturated carbocycles. The molecule has 0 fully saturated rings. The molecule has 0 amide bonds. The third-order valence-corrected chi connectivity index (χ3v) is 3.54. The molecule has 3 rings (SSSR count). The summed E-state index contributed by atoms with van der Waals surface area (Å²) in [5.41, 5.74) is 4.69. The topological polar surface area (TPSA) is 30.7 Å². The summed E-state index contributed by atoms with van der Waals surface area (Å²) in [4.78, 5) is 4.41. The minimum Gasteiger partial charge on any atom is -0.220 e. The minimum atomic E-state index is 0.763. The standard InChI is InChI=1S/C18H19N3/c1-3-4-15-7-9-16(10-8-15)18-19-13-21(20-18)17-11-5-14(2)6-12-17/h5-13H,3-4H2,1-2H3. The Bertz CT molecular complexity index is 709. The lowest BCUT2D eigenvalue weighted by molar-refractivity contribution is 0.881. The third kappa shape index (κ3) is 3.02. The van der Waals surface area contributed by atoms with Crippen LogP contribution in [0, 0.1) is 6.92 Å². The zero-order valence-corrected chi connectivity index (χ0v) is 12.5. The van der Waals surface area contributed by atoms with Crippen molar-refractivity contribution < 1.29 is 0 Å². The maximum Gasteiger partial charge on any atom is 0.181 e. The molecule has 0 aliphatic carbocycles. The first-order valence-electron chi connectivity index (χ1n) is 7.34. The van der Waals surface area contributed by atoms with E-state index in [9.17, 15) is 0 Å². The average Bonchev–Trinajstić information content (AvgIpc) is 2.99. The highest BCUT2D eigenvalue weighted by Gasteiger charge is 2.05. The second-order valence-electron chi connectivity index (χ2n) is 5.30. The molecule has 0 aliphatic heterocycles. The van der Waals surface area contributed by atoms with Gasteiger partial charge in [-0.05, 0) is 31.0 Å². The van der Waals surface area contributed by atoms with Gasteiger partial charge in [-0.1, -0.05) is 55.3 Å². The number of rotatable bonds is 4. The van der Waals surface area contributed by atoms with Crippen LogP contribution in [0.2, 0.25) is 0 Å². The van der Waals surface area contributed by atoms with E-state index in [0.717, 1.165) is 23.5 Å². The number of aryl methyl sites for hydroxylation is 2. The molecule has 2 aromatic carbocycles. The summed E-state index contributed by atoms with van der Waals surface area (Å²) in [5, 5.41) is 4.56. The van der Waals surface area contributed by atoms with Gasteiger partial charge in [-0.2, -0.15) is 0 Å². The van der Waals surface area contributed by atoms with E-state index >= 15 is 0 Å². The van der Waals surface area contributed by atoms with Gasteiger partial charge in [0.25, 0.3) is 0 Å². The molecule has 0 N–H and O–H groups in total. The fraction of sp³-hybridized carbons (Fsp3) is 0.222. The predicted molar refractivity (Wildman–Crippen MR) is 85.5 cm³/mol. The van der Waals surface area contributed by atoms with Crippen LogP contribution in [0.3, 0.4) is 0 Å². The average molecular weight is 277 g/mol. The van der Waals surface area contributed by atoms with E-state index in [1.54, 1.807) is 6.33 Å². The Morgan fingerprint density at radius 3 is 2.33 bits per heavy atom. The lowest BCUT2D eigenvalue weighted by Crippen LogP contribution is -1.94. The van der Waals surface area contributed by atoms with Gasteiger partial charge >= 0.3 is 0 Å². The molecule has 0 unspecified atom stereocenters. The Hall–Kier alpha value is -2.42. The van der Waals surface area contributed by atoms with Crippen LogP contribution in [-0.2, 0) is 6.42 Å². The molecule has 0 saturated heterocycles. The second-order valence-corrected chi connectivity index (χ2v) is 5.30. The van der Waals surface area contributed by atoms with Gasteiger partial charge in [0.15, 0.2) is 5.82 Å². The van der Waals surface area contributed by atoms with E-state index in [1.807, 2.05) is 4.68 Å². The molecule has 106 valence electrons. The Kier molecular flexibility index (Phi) is 3.82. The molecular formula is C18H19N3. The Morgan fingerprint density at radius 2 is 1.67 bits per heavy atom. The van der Waals surface area contributed by atoms with E-state index < -0.39 is 0 Å². The van der Waals surface area contributed by atoms with Crippen LogP contribution in [0.4, 0.5) is 0 Å². The number of benzene rings is 2. The zero-order valence-electron chi connectivity index (χ0n) is 12.5. The molecule has 0 bridgehead atoms. The van der Waals surface area contributed by atoms with Crippen molar-refractivity contribution in [1.29, 1.82) is 0 Å². The summed E-state index contributed by atoms with van der Waals surface area (Å²) in [6.07, 6.45) is 4.05. The van der Waals surface area contributed by atoms with E-state index in [2.05, 4.69) is 72.5 Å². The normalized spacial score (nSPS) is 10.8. The van der Waals surface area contributed by atoms with Gasteiger partial charge in [0, 0.05) is 5.56 Å². The van der Waals surface area contributed by atoms with Crippen molar-refractivity contribution in [2.24, 2.45) is 0 Å². The summed E-state index contributed by atoms with van der Waals surface area (Å²) >= 11 is 0. The van der Waals surface area contributed by atoms with E-state index in [-0.39, 0.29) is 0 Å². The van der Waals surface area contributed by atoms with Crippen molar-refractivity contribution in [1.82, 2.24) is 14.8 Å². The molecule has 0 atom stereocenters. The Balaban J connectivity index is 1.85. The number of aromatic nitrogens is 3. The van der Waals surface area contributed by atoms with Crippen molar-refractivity contribution >= 4 is 0 Å². The molecule has 3 heteroatoms. The SMILES string of the molecule is CCCc1ccc(-c2ncn(-c3ccc(C)cc3)n2)cc1. The highest BCUT2D eigenvalue weighted by Crippen LogP contribution is 2.17. The van der Waals surface area contributed by atoms with Crippen molar-refractivity contribution in [2.75, 3.05) is 0 Å². The number of hydrogen-bond donors (Lipinski definition) is 0. The number of hydrogen-bond acceptors (Lipinski definition) is 2. The monoisotopic (exact) mass is 277 g/mol. The third-order valence-electron chi connectivity index (χ3n) is 3.54. The minimum absolute atomic E-state index is 0.763. The molecule has 1 heterocycles. The molecule has 0 aliphatic rings. The fourth-order valence-electron chi connectivity index (χ4n) is 2.33. The summed E-state index contributed by atoms with van der Waals surface area (Å²) in [6.45, 7) is 4.27. The van der Waals surface area contributed by atoms with Gasteiger partial charge in [0.1, 0.15) is 6.33 Å². The molecule has 0 spiro atoms. The largest absolute Gasteiger partial charge is 0.220 e. The quantitative estimate of drug-likeness (QED) is 0.715. The van der Waals surface area contributed by atoms with Gasteiger partial charge in [-0.15, -0.1) is 5.10 Å². The summed E-state index contributed by atoms with van der Waals surface area (Å²) < 4.78 is 1.81. The van der Waals surface area contributed by atoms with Crippen LogP contribution in [-0.4, -0.2) is 14.8 Å². The maximum absolute atomic E-state index is 4.56. The van der Waals surface area contributed by atoms with Gasteiger partial charge in [-0.25, -0.2) is 9.67 Å². The maximum atomic E-state index is 4.56. The lowest BCUT2D eigenvalue weighted by Gasteiger charge is -2.01. The van der Waals surface area contributed by atoms with Gasteiger partial charge < -0.3 is 0 Å². The Labute approximate surface area is 125 Å². The van der Waals surface area contributed by atoms with Crippen molar-refractivity contribution in [3.05, 3.63) is 66.0 Å². The molecular weight excluding hydrogens is 258 g/mol. The lowest BCUT2D eigenvalue weighted by atomic mass is 10.1.